The summed E-state index contributed by atoms with van der Waals surface area (Å²) in [5.41, 5.74) is 0.697. The Morgan fingerprint density at radius 1 is 1.45 bits per heavy atom. The van der Waals surface area contributed by atoms with Crippen LogP contribution in [0.2, 0.25) is 5.02 Å². The van der Waals surface area contributed by atoms with Crippen molar-refractivity contribution in [1.29, 1.82) is 0 Å². The second-order valence-corrected chi connectivity index (χ2v) is 6.68. The third-order valence-corrected chi connectivity index (χ3v) is 5.21. The van der Waals surface area contributed by atoms with Crippen LogP contribution < -0.4 is 5.32 Å². The van der Waals surface area contributed by atoms with Gasteiger partial charge >= 0.3 is 0 Å². The van der Waals surface area contributed by atoms with Crippen LogP contribution in [0.15, 0.2) is 18.2 Å². The van der Waals surface area contributed by atoms with E-state index in [-0.39, 0.29) is 5.91 Å². The first-order chi connectivity index (χ1) is 9.63. The molecular weight excluding hydrogens is 387 g/mol. The first-order valence-corrected chi connectivity index (χ1v) is 8.56. The topological polar surface area (TPSA) is 32.3 Å². The summed E-state index contributed by atoms with van der Waals surface area (Å²) in [6, 6.07) is 5.92. The van der Waals surface area contributed by atoms with Gasteiger partial charge in [-0.3, -0.25) is 4.79 Å². The highest BCUT2D eigenvalue weighted by molar-refractivity contribution is 14.1. The molecule has 1 aliphatic heterocycles. The normalized spacial score (nSPS) is 16.1. The van der Waals surface area contributed by atoms with E-state index in [4.69, 9.17) is 11.6 Å². The van der Waals surface area contributed by atoms with E-state index >= 15 is 0 Å². The van der Waals surface area contributed by atoms with E-state index in [1.54, 1.807) is 6.07 Å². The molecule has 0 aromatic heterocycles. The molecule has 3 nitrogen and oxygen atoms in total. The van der Waals surface area contributed by atoms with E-state index in [1.165, 1.54) is 0 Å². The molecule has 1 N–H and O–H groups in total. The number of hydrogen-bond donors (Lipinski definition) is 1. The Balaban J connectivity index is 2.18. The maximum Gasteiger partial charge on any atom is 0.254 e. The number of rotatable bonds is 4. The molecule has 1 fully saturated rings. The number of benzene rings is 1. The molecule has 1 saturated heterocycles. The van der Waals surface area contributed by atoms with Gasteiger partial charge in [0.1, 0.15) is 0 Å². The molecule has 1 amide bonds. The summed E-state index contributed by atoms with van der Waals surface area (Å²) in [7, 11) is 0. The molecule has 110 valence electrons. The Morgan fingerprint density at radius 3 is 2.75 bits per heavy atom. The number of hydrogen-bond acceptors (Lipinski definition) is 2. The van der Waals surface area contributed by atoms with Crippen LogP contribution in [-0.4, -0.2) is 36.5 Å². The van der Waals surface area contributed by atoms with E-state index < -0.39 is 0 Å². The number of carbonyl (C=O) groups is 1. The minimum Gasteiger partial charge on any atom is -0.336 e. The van der Waals surface area contributed by atoms with Crippen LogP contribution in [0.5, 0.6) is 0 Å². The molecule has 0 atom stereocenters. The van der Waals surface area contributed by atoms with Crippen LogP contribution in [0, 0.1) is 3.57 Å². The van der Waals surface area contributed by atoms with Gasteiger partial charge in [-0.25, -0.2) is 0 Å². The smallest absolute Gasteiger partial charge is 0.254 e. The van der Waals surface area contributed by atoms with Crippen molar-refractivity contribution in [2.45, 2.75) is 32.2 Å². The Bertz CT molecular complexity index is 475. The van der Waals surface area contributed by atoms with Crippen LogP contribution in [0.1, 0.15) is 36.5 Å². The predicted molar refractivity (Wildman–Crippen MR) is 91.4 cm³/mol. The van der Waals surface area contributed by atoms with E-state index in [2.05, 4.69) is 34.8 Å². The second-order valence-electron chi connectivity index (χ2n) is 5.11. The van der Waals surface area contributed by atoms with E-state index in [0.29, 0.717) is 16.6 Å². The van der Waals surface area contributed by atoms with Crippen molar-refractivity contribution in [2.75, 3.05) is 19.6 Å². The van der Waals surface area contributed by atoms with E-state index in [9.17, 15) is 4.79 Å². The molecule has 1 aliphatic rings. The summed E-state index contributed by atoms with van der Waals surface area (Å²) in [6.45, 7) is 4.91. The predicted octanol–water partition coefficient (Wildman–Crippen LogP) is 3.55. The molecule has 5 heteroatoms. The fraction of sp³-hybridized carbons (Fsp3) is 0.533. The second kappa shape index (κ2) is 7.61. The summed E-state index contributed by atoms with van der Waals surface area (Å²) >= 11 is 8.31. The molecule has 1 heterocycles. The first kappa shape index (κ1) is 16.0. The van der Waals surface area contributed by atoms with Crippen LogP contribution in [-0.2, 0) is 0 Å². The lowest BCUT2D eigenvalue weighted by atomic mass is 10.0. The molecular formula is C15H20ClIN2O. The fourth-order valence-electron chi connectivity index (χ4n) is 2.60. The first-order valence-electron chi connectivity index (χ1n) is 7.10. The van der Waals surface area contributed by atoms with Crippen LogP contribution >= 0.6 is 34.2 Å². The Labute approximate surface area is 139 Å². The van der Waals surface area contributed by atoms with Crippen molar-refractivity contribution in [3.8, 4) is 0 Å². The van der Waals surface area contributed by atoms with Crippen LogP contribution in [0.4, 0.5) is 0 Å². The highest BCUT2D eigenvalue weighted by Crippen LogP contribution is 2.22. The van der Waals surface area contributed by atoms with Gasteiger partial charge in [0.2, 0.25) is 0 Å². The summed E-state index contributed by atoms with van der Waals surface area (Å²) in [6.07, 6.45) is 3.04. The van der Waals surface area contributed by atoms with Gasteiger partial charge in [0, 0.05) is 21.7 Å². The Morgan fingerprint density at radius 2 is 2.15 bits per heavy atom. The summed E-state index contributed by atoms with van der Waals surface area (Å²) in [5, 5.41) is 4.00. The zero-order valence-electron chi connectivity index (χ0n) is 11.7. The monoisotopic (exact) mass is 406 g/mol. The molecule has 0 unspecified atom stereocenters. The highest BCUT2D eigenvalue weighted by atomic mass is 127. The molecule has 2 rings (SSSR count). The zero-order chi connectivity index (χ0) is 14.5. The highest BCUT2D eigenvalue weighted by Gasteiger charge is 2.25. The average Bonchev–Trinajstić information content (AvgIpc) is 2.48. The fourth-order valence-corrected chi connectivity index (χ4v) is 3.12. The average molecular weight is 407 g/mol. The van der Waals surface area contributed by atoms with E-state index in [1.807, 2.05) is 17.0 Å². The zero-order valence-corrected chi connectivity index (χ0v) is 14.6. The van der Waals surface area contributed by atoms with Gasteiger partial charge in [0.15, 0.2) is 0 Å². The summed E-state index contributed by atoms with van der Waals surface area (Å²) < 4.78 is 0.977. The van der Waals surface area contributed by atoms with Gasteiger partial charge in [-0.15, -0.1) is 0 Å². The van der Waals surface area contributed by atoms with Crippen LogP contribution in [0.25, 0.3) is 0 Å². The quantitative estimate of drug-likeness (QED) is 0.776. The standard InChI is InChI=1S/C15H20ClIN2O/c1-2-9-19(12-5-7-18-8-6-12)15(20)11-3-4-14(17)13(16)10-11/h3-4,10,12,18H,2,5-9H2,1H3. The lowest BCUT2D eigenvalue weighted by molar-refractivity contribution is 0.0642. The maximum absolute atomic E-state index is 12.7. The lowest BCUT2D eigenvalue weighted by Crippen LogP contribution is -2.46. The van der Waals surface area contributed by atoms with E-state index in [0.717, 1.165) is 42.5 Å². The number of carbonyl (C=O) groups excluding carboxylic acids is 1. The molecule has 0 aliphatic carbocycles. The number of amides is 1. The summed E-state index contributed by atoms with van der Waals surface area (Å²) in [4.78, 5) is 14.8. The van der Waals surface area contributed by atoms with Gasteiger partial charge in [-0.1, -0.05) is 18.5 Å². The van der Waals surface area contributed by atoms with Gasteiger partial charge in [-0.05, 0) is 73.1 Å². The van der Waals surface area contributed by atoms with Crippen molar-refractivity contribution in [1.82, 2.24) is 10.2 Å². The van der Waals surface area contributed by atoms with Gasteiger partial charge in [-0.2, -0.15) is 0 Å². The molecule has 1 aromatic rings. The van der Waals surface area contributed by atoms with Gasteiger partial charge < -0.3 is 10.2 Å². The SMILES string of the molecule is CCCN(C(=O)c1ccc(I)c(Cl)c1)C1CCNCC1. The summed E-state index contributed by atoms with van der Waals surface area (Å²) in [5.74, 6) is 0.108. The molecule has 0 bridgehead atoms. The van der Waals surface area contributed by atoms with Crippen molar-refractivity contribution >= 4 is 40.1 Å². The number of nitrogens with zero attached hydrogens (tertiary/aromatic N) is 1. The minimum atomic E-state index is 0.108. The van der Waals surface area contributed by atoms with Crippen molar-refractivity contribution in [3.05, 3.63) is 32.4 Å². The van der Waals surface area contributed by atoms with Gasteiger partial charge in [0.05, 0.1) is 5.02 Å². The lowest BCUT2D eigenvalue weighted by Gasteiger charge is -2.34. The van der Waals surface area contributed by atoms with Gasteiger partial charge in [0.25, 0.3) is 5.91 Å². The third-order valence-electron chi connectivity index (χ3n) is 3.64. The maximum atomic E-state index is 12.7. The van der Waals surface area contributed by atoms with Crippen molar-refractivity contribution in [3.63, 3.8) is 0 Å². The Hall–Kier alpha value is -0.330. The molecule has 0 radical (unpaired) electrons. The Kier molecular flexibility index (Phi) is 6.11. The van der Waals surface area contributed by atoms with Crippen molar-refractivity contribution in [2.24, 2.45) is 0 Å². The number of piperidine rings is 1. The largest absolute Gasteiger partial charge is 0.336 e. The minimum absolute atomic E-state index is 0.108. The third kappa shape index (κ3) is 3.86. The molecule has 0 saturated carbocycles. The molecule has 20 heavy (non-hydrogen) atoms. The van der Waals surface area contributed by atoms with Crippen LogP contribution in [0.3, 0.4) is 0 Å². The van der Waals surface area contributed by atoms with Crippen molar-refractivity contribution < 1.29 is 4.79 Å². The number of halogens is 2. The number of nitrogens with one attached hydrogen (secondary N) is 1. The molecule has 1 aromatic carbocycles. The molecule has 0 spiro atoms.